The number of aliphatic imine (C=N–C) groups is 1. The van der Waals surface area contributed by atoms with Crippen LogP contribution in [0.2, 0.25) is 5.02 Å². The largest absolute Gasteiger partial charge is 0.506 e. The van der Waals surface area contributed by atoms with E-state index < -0.39 is 33.4 Å². The first kappa shape index (κ1) is 33.2. The Hall–Kier alpha value is -3.32. The zero-order valence-corrected chi connectivity index (χ0v) is 24.9. The minimum atomic E-state index is -4.55. The SMILES string of the molecule is CC(C)(Cc1ccc(CC(N)=NCc2ccc(Cl)c(C(F)(F)F)c2)cc1)NC[C@H](O)c1ccc(O)c(NS(C)(=O)=O)c1. The van der Waals surface area contributed by atoms with Crippen molar-refractivity contribution in [2.24, 2.45) is 10.7 Å². The molecule has 0 aromatic heterocycles. The first-order valence-electron chi connectivity index (χ1n) is 12.9. The van der Waals surface area contributed by atoms with Crippen molar-refractivity contribution in [3.63, 3.8) is 0 Å². The number of nitrogens with one attached hydrogen (secondary N) is 2. The molecule has 3 aromatic rings. The topological polar surface area (TPSA) is 137 Å². The number of rotatable bonds is 12. The lowest BCUT2D eigenvalue weighted by atomic mass is 9.93. The van der Waals surface area contributed by atoms with E-state index in [2.05, 4.69) is 15.0 Å². The third-order valence-corrected chi connectivity index (χ3v) is 7.25. The summed E-state index contributed by atoms with van der Waals surface area (Å²) in [5, 5.41) is 23.5. The van der Waals surface area contributed by atoms with Crippen LogP contribution in [0.15, 0.2) is 65.7 Å². The van der Waals surface area contributed by atoms with Gasteiger partial charge in [0, 0.05) is 18.5 Å². The minimum Gasteiger partial charge on any atom is -0.506 e. The molecule has 0 saturated heterocycles. The number of hydrogen-bond donors (Lipinski definition) is 5. The molecule has 3 rings (SSSR count). The number of nitrogens with two attached hydrogens (primary N) is 1. The van der Waals surface area contributed by atoms with Crippen LogP contribution in [-0.2, 0) is 35.6 Å². The van der Waals surface area contributed by atoms with Gasteiger partial charge in [0.05, 0.1) is 41.0 Å². The van der Waals surface area contributed by atoms with E-state index in [1.165, 1.54) is 30.3 Å². The lowest BCUT2D eigenvalue weighted by molar-refractivity contribution is -0.137. The highest BCUT2D eigenvalue weighted by molar-refractivity contribution is 7.92. The van der Waals surface area contributed by atoms with E-state index in [0.29, 0.717) is 24.0 Å². The van der Waals surface area contributed by atoms with Crippen molar-refractivity contribution in [2.75, 3.05) is 17.5 Å². The molecule has 0 spiro atoms. The number of β-amino-alcohol motifs (C(OH)–C–C–N with tert-alkyl or cyclic N) is 1. The zero-order chi connectivity index (χ0) is 31.3. The summed E-state index contributed by atoms with van der Waals surface area (Å²) in [5.74, 6) is 0.0357. The van der Waals surface area contributed by atoms with E-state index in [4.69, 9.17) is 17.3 Å². The maximum Gasteiger partial charge on any atom is 0.417 e. The molecule has 0 unspecified atom stereocenters. The minimum absolute atomic E-state index is 0.00442. The number of hydrogen-bond acceptors (Lipinski definition) is 6. The van der Waals surface area contributed by atoms with E-state index >= 15 is 0 Å². The average Bonchev–Trinajstić information content (AvgIpc) is 2.87. The maximum atomic E-state index is 13.1. The molecule has 42 heavy (non-hydrogen) atoms. The van der Waals surface area contributed by atoms with Gasteiger partial charge in [0.2, 0.25) is 10.0 Å². The lowest BCUT2D eigenvalue weighted by Crippen LogP contribution is -2.43. The molecule has 0 aliphatic heterocycles. The predicted molar refractivity (Wildman–Crippen MR) is 159 cm³/mol. The van der Waals surface area contributed by atoms with E-state index in [1.807, 2.05) is 38.1 Å². The Balaban J connectivity index is 1.55. The Morgan fingerprint density at radius 3 is 2.26 bits per heavy atom. The molecule has 13 heteroatoms. The van der Waals surface area contributed by atoms with Gasteiger partial charge in [-0.25, -0.2) is 8.42 Å². The second-order valence-electron chi connectivity index (χ2n) is 10.7. The van der Waals surface area contributed by atoms with Gasteiger partial charge in [-0.05, 0) is 66.8 Å². The zero-order valence-electron chi connectivity index (χ0n) is 23.3. The number of phenols is 1. The fourth-order valence-electron chi connectivity index (χ4n) is 4.23. The predicted octanol–water partition coefficient (Wildman–Crippen LogP) is 5.18. The summed E-state index contributed by atoms with van der Waals surface area (Å²) in [6, 6.07) is 15.6. The van der Waals surface area contributed by atoms with Crippen molar-refractivity contribution in [1.29, 1.82) is 0 Å². The van der Waals surface area contributed by atoms with E-state index in [-0.39, 0.29) is 35.4 Å². The molecular weight excluding hydrogens is 593 g/mol. The van der Waals surface area contributed by atoms with Gasteiger partial charge in [-0.3, -0.25) is 9.71 Å². The molecule has 0 fully saturated rings. The molecule has 0 amide bonds. The van der Waals surface area contributed by atoms with E-state index in [1.54, 1.807) is 0 Å². The summed E-state index contributed by atoms with van der Waals surface area (Å²) in [6.45, 7) is 4.13. The number of sulfonamides is 1. The van der Waals surface area contributed by atoms with Gasteiger partial charge in [0.1, 0.15) is 5.75 Å². The summed E-state index contributed by atoms with van der Waals surface area (Å²) in [6.07, 6.45) is -3.59. The molecule has 0 radical (unpaired) electrons. The van der Waals surface area contributed by atoms with Crippen LogP contribution in [0.3, 0.4) is 0 Å². The van der Waals surface area contributed by atoms with Crippen LogP contribution in [0.1, 0.15) is 47.8 Å². The van der Waals surface area contributed by atoms with Crippen molar-refractivity contribution in [3.8, 4) is 5.75 Å². The van der Waals surface area contributed by atoms with Crippen molar-refractivity contribution in [1.82, 2.24) is 5.32 Å². The van der Waals surface area contributed by atoms with Crippen LogP contribution in [-0.4, -0.2) is 42.8 Å². The van der Waals surface area contributed by atoms with Crippen LogP contribution in [0.5, 0.6) is 5.75 Å². The first-order valence-corrected chi connectivity index (χ1v) is 15.1. The summed E-state index contributed by atoms with van der Waals surface area (Å²) in [5.41, 5.74) is 7.38. The number of aliphatic hydroxyl groups excluding tert-OH is 1. The highest BCUT2D eigenvalue weighted by atomic mass is 35.5. The first-order chi connectivity index (χ1) is 19.4. The number of halogens is 4. The van der Waals surface area contributed by atoms with Crippen LogP contribution < -0.4 is 15.8 Å². The van der Waals surface area contributed by atoms with Crippen LogP contribution in [0.25, 0.3) is 0 Å². The van der Waals surface area contributed by atoms with Crippen molar-refractivity contribution in [2.45, 2.75) is 51.1 Å². The molecule has 0 bridgehead atoms. The summed E-state index contributed by atoms with van der Waals surface area (Å²) in [4.78, 5) is 4.22. The fraction of sp³-hybridized carbons (Fsp3) is 0.345. The smallest absolute Gasteiger partial charge is 0.417 e. The van der Waals surface area contributed by atoms with Gasteiger partial charge in [0.15, 0.2) is 0 Å². The Kier molecular flexibility index (Phi) is 10.5. The maximum absolute atomic E-state index is 13.1. The molecule has 0 saturated carbocycles. The number of benzene rings is 3. The summed E-state index contributed by atoms with van der Waals surface area (Å²) < 4.78 is 64.5. The summed E-state index contributed by atoms with van der Waals surface area (Å²) in [7, 11) is -3.60. The van der Waals surface area contributed by atoms with Crippen LogP contribution >= 0.6 is 11.6 Å². The van der Waals surface area contributed by atoms with Crippen molar-refractivity contribution >= 4 is 33.1 Å². The Bertz CT molecular complexity index is 1530. The molecule has 0 aliphatic carbocycles. The number of alkyl halides is 3. The van der Waals surface area contributed by atoms with Crippen molar-refractivity contribution in [3.05, 3.63) is 93.5 Å². The highest BCUT2D eigenvalue weighted by Gasteiger charge is 2.33. The van der Waals surface area contributed by atoms with E-state index in [9.17, 15) is 31.8 Å². The quantitative estimate of drug-likeness (QED) is 0.107. The molecule has 3 aromatic carbocycles. The number of aromatic hydroxyl groups is 1. The van der Waals surface area contributed by atoms with Gasteiger partial charge >= 0.3 is 6.18 Å². The second kappa shape index (κ2) is 13.3. The van der Waals surface area contributed by atoms with Gasteiger partial charge in [-0.1, -0.05) is 48.0 Å². The standard InChI is InChI=1S/C29H34ClF3N4O4S/c1-28(2,36-17-26(39)21-9-11-25(38)24(14-21)37-42(3,40)41)15-19-6-4-18(5-7-19)13-27(34)35-16-20-8-10-23(30)22(12-20)29(31,32)33/h4-12,14,26,36-39H,13,15-17H2,1-3H3,(H2,34,35)/t26-/m0/s1. The van der Waals surface area contributed by atoms with Gasteiger partial charge < -0.3 is 21.3 Å². The molecule has 8 nitrogen and oxygen atoms in total. The number of nitrogens with zero attached hydrogens (tertiary/aromatic N) is 1. The Labute approximate surface area is 248 Å². The van der Waals surface area contributed by atoms with Gasteiger partial charge in [-0.15, -0.1) is 0 Å². The molecule has 6 N–H and O–H groups in total. The van der Waals surface area contributed by atoms with Crippen molar-refractivity contribution < 1.29 is 31.8 Å². The molecular formula is C29H34ClF3N4O4S. The number of aliphatic hydroxyl groups is 1. The van der Waals surface area contributed by atoms with E-state index in [0.717, 1.165) is 23.4 Å². The Morgan fingerprint density at radius 1 is 1.02 bits per heavy atom. The number of amidine groups is 1. The molecule has 0 heterocycles. The third kappa shape index (κ3) is 10.2. The normalized spacial score (nSPS) is 13.7. The third-order valence-electron chi connectivity index (χ3n) is 6.33. The average molecular weight is 627 g/mol. The van der Waals surface area contributed by atoms with Crippen LogP contribution in [0.4, 0.5) is 18.9 Å². The second-order valence-corrected chi connectivity index (χ2v) is 12.9. The molecule has 0 aliphatic rings. The number of anilines is 1. The summed E-state index contributed by atoms with van der Waals surface area (Å²) >= 11 is 5.67. The van der Waals surface area contributed by atoms with Gasteiger partial charge in [0.25, 0.3) is 0 Å². The lowest BCUT2D eigenvalue weighted by Gasteiger charge is -2.28. The molecule has 1 atom stereocenters. The monoisotopic (exact) mass is 626 g/mol. The fourth-order valence-corrected chi connectivity index (χ4v) is 5.01. The van der Waals surface area contributed by atoms with Crippen LogP contribution in [0, 0.1) is 0 Å². The molecule has 228 valence electrons. The number of phenolic OH excluding ortho intramolecular Hbond substituents is 1. The van der Waals surface area contributed by atoms with Gasteiger partial charge in [-0.2, -0.15) is 13.2 Å². The Morgan fingerprint density at radius 2 is 1.64 bits per heavy atom. The highest BCUT2D eigenvalue weighted by Crippen LogP contribution is 2.35.